The highest BCUT2D eigenvalue weighted by Crippen LogP contribution is 2.32. The zero-order chi connectivity index (χ0) is 18.5. The Kier molecular flexibility index (Phi) is 5.15. The predicted molar refractivity (Wildman–Crippen MR) is 104 cm³/mol. The Morgan fingerprint density at radius 1 is 0.962 bits per heavy atom. The minimum Gasteiger partial charge on any atom is -0.477 e. The van der Waals surface area contributed by atoms with E-state index in [-0.39, 0.29) is 5.70 Å². The lowest BCUT2D eigenvalue weighted by atomic mass is 10.1. The SMILES string of the molecule is Nc1ccccc1-c1ccc(C=C(NC(=O)c2ccccc2)C(=O)O)s1. The zero-order valence-corrected chi connectivity index (χ0v) is 14.5. The molecule has 3 rings (SSSR count). The van der Waals surface area contributed by atoms with Crippen molar-refractivity contribution in [3.8, 4) is 10.4 Å². The number of para-hydroxylation sites is 1. The minimum absolute atomic E-state index is 0.187. The second kappa shape index (κ2) is 7.67. The molecule has 0 saturated heterocycles. The van der Waals surface area contributed by atoms with Crippen molar-refractivity contribution < 1.29 is 14.7 Å². The molecular formula is C20H16N2O3S. The summed E-state index contributed by atoms with van der Waals surface area (Å²) in [4.78, 5) is 25.3. The van der Waals surface area contributed by atoms with Crippen molar-refractivity contribution in [1.82, 2.24) is 5.32 Å². The highest BCUT2D eigenvalue weighted by atomic mass is 32.1. The number of amides is 1. The molecular weight excluding hydrogens is 348 g/mol. The molecule has 5 nitrogen and oxygen atoms in total. The standard InChI is InChI=1S/C20H16N2O3S/c21-16-9-5-4-8-15(16)18-11-10-14(26-18)12-17(20(24)25)22-19(23)13-6-2-1-3-7-13/h1-12H,21H2,(H,22,23)(H,24,25). The van der Waals surface area contributed by atoms with Gasteiger partial charge in [0, 0.05) is 26.6 Å². The third kappa shape index (κ3) is 3.99. The second-order valence-corrected chi connectivity index (χ2v) is 6.59. The lowest BCUT2D eigenvalue weighted by Gasteiger charge is -2.05. The summed E-state index contributed by atoms with van der Waals surface area (Å²) < 4.78 is 0. The maximum atomic E-state index is 12.2. The first-order valence-electron chi connectivity index (χ1n) is 7.80. The Labute approximate surface area is 154 Å². The largest absolute Gasteiger partial charge is 0.477 e. The van der Waals surface area contributed by atoms with Gasteiger partial charge in [0.15, 0.2) is 0 Å². The number of nitrogens with two attached hydrogens (primary N) is 1. The van der Waals surface area contributed by atoms with Crippen molar-refractivity contribution in [3.05, 3.63) is 82.9 Å². The van der Waals surface area contributed by atoms with E-state index in [1.54, 1.807) is 36.4 Å². The van der Waals surface area contributed by atoms with Crippen LogP contribution in [0.15, 0.2) is 72.4 Å². The van der Waals surface area contributed by atoms with Gasteiger partial charge in [-0.3, -0.25) is 4.79 Å². The quantitative estimate of drug-likeness (QED) is 0.473. The number of carboxylic acid groups (broad SMARTS) is 1. The monoisotopic (exact) mass is 364 g/mol. The van der Waals surface area contributed by atoms with Crippen LogP contribution in [0, 0.1) is 0 Å². The molecule has 0 radical (unpaired) electrons. The summed E-state index contributed by atoms with van der Waals surface area (Å²) >= 11 is 1.40. The number of carboxylic acids is 1. The molecule has 0 unspecified atom stereocenters. The van der Waals surface area contributed by atoms with E-state index in [2.05, 4.69) is 5.32 Å². The molecule has 1 aromatic heterocycles. The van der Waals surface area contributed by atoms with E-state index in [0.29, 0.717) is 16.1 Å². The van der Waals surface area contributed by atoms with Crippen LogP contribution in [0.25, 0.3) is 16.5 Å². The van der Waals surface area contributed by atoms with Gasteiger partial charge in [0.25, 0.3) is 5.91 Å². The molecule has 0 aliphatic rings. The first-order valence-corrected chi connectivity index (χ1v) is 8.62. The number of nitrogens with one attached hydrogen (secondary N) is 1. The molecule has 0 atom stereocenters. The van der Waals surface area contributed by atoms with Gasteiger partial charge in [0.2, 0.25) is 0 Å². The van der Waals surface area contributed by atoms with E-state index in [0.717, 1.165) is 10.4 Å². The van der Waals surface area contributed by atoms with Gasteiger partial charge in [-0.25, -0.2) is 4.79 Å². The lowest BCUT2D eigenvalue weighted by Crippen LogP contribution is -2.27. The number of hydrogen-bond acceptors (Lipinski definition) is 4. The molecule has 6 heteroatoms. The maximum Gasteiger partial charge on any atom is 0.352 e. The van der Waals surface area contributed by atoms with Crippen LogP contribution in [-0.4, -0.2) is 17.0 Å². The molecule has 0 spiro atoms. The molecule has 1 amide bonds. The molecule has 0 fully saturated rings. The number of nitrogen functional groups attached to an aromatic ring is 1. The van der Waals surface area contributed by atoms with E-state index in [1.165, 1.54) is 17.4 Å². The van der Waals surface area contributed by atoms with Crippen molar-refractivity contribution >= 4 is 35.0 Å². The number of anilines is 1. The maximum absolute atomic E-state index is 12.2. The topological polar surface area (TPSA) is 92.4 Å². The summed E-state index contributed by atoms with van der Waals surface area (Å²) in [6, 6.07) is 19.6. The molecule has 130 valence electrons. The van der Waals surface area contributed by atoms with Gasteiger partial charge in [-0.1, -0.05) is 36.4 Å². The van der Waals surface area contributed by atoms with Gasteiger partial charge in [-0.2, -0.15) is 0 Å². The number of hydrogen-bond donors (Lipinski definition) is 3. The van der Waals surface area contributed by atoms with Crippen LogP contribution >= 0.6 is 11.3 Å². The molecule has 1 heterocycles. The van der Waals surface area contributed by atoms with E-state index in [4.69, 9.17) is 5.73 Å². The highest BCUT2D eigenvalue weighted by Gasteiger charge is 2.14. The van der Waals surface area contributed by atoms with Gasteiger partial charge in [-0.05, 0) is 36.4 Å². The van der Waals surface area contributed by atoms with Crippen LogP contribution in [0.2, 0.25) is 0 Å². The first-order chi connectivity index (χ1) is 12.5. The fourth-order valence-corrected chi connectivity index (χ4v) is 3.37. The summed E-state index contributed by atoms with van der Waals surface area (Å²) in [5.74, 6) is -1.67. The molecule has 0 bridgehead atoms. The number of carbonyl (C=O) groups excluding carboxylic acids is 1. The van der Waals surface area contributed by atoms with Gasteiger partial charge < -0.3 is 16.2 Å². The number of rotatable bonds is 5. The minimum atomic E-state index is -1.21. The van der Waals surface area contributed by atoms with Crippen molar-refractivity contribution in [2.75, 3.05) is 5.73 Å². The van der Waals surface area contributed by atoms with Gasteiger partial charge in [0.05, 0.1) is 0 Å². The number of carbonyl (C=O) groups is 2. The van der Waals surface area contributed by atoms with Crippen LogP contribution in [0.4, 0.5) is 5.69 Å². The predicted octanol–water partition coefficient (Wildman–Crippen LogP) is 3.85. The Bertz CT molecular complexity index is 977. The van der Waals surface area contributed by atoms with Gasteiger partial charge in [0.1, 0.15) is 5.70 Å². The normalized spacial score (nSPS) is 11.2. The molecule has 4 N–H and O–H groups in total. The van der Waals surface area contributed by atoms with Gasteiger partial charge in [-0.15, -0.1) is 11.3 Å². The van der Waals surface area contributed by atoms with Gasteiger partial charge >= 0.3 is 5.97 Å². The molecule has 2 aromatic carbocycles. The van der Waals surface area contributed by atoms with E-state index in [9.17, 15) is 14.7 Å². The zero-order valence-electron chi connectivity index (χ0n) is 13.7. The second-order valence-electron chi connectivity index (χ2n) is 5.47. The fraction of sp³-hybridized carbons (Fsp3) is 0. The molecule has 0 saturated carbocycles. The summed E-state index contributed by atoms with van der Waals surface area (Å²) in [5.41, 5.74) is 7.73. The van der Waals surface area contributed by atoms with Crippen LogP contribution in [0.1, 0.15) is 15.2 Å². The lowest BCUT2D eigenvalue weighted by molar-refractivity contribution is -0.132. The number of benzene rings is 2. The average molecular weight is 364 g/mol. The van der Waals surface area contributed by atoms with E-state index in [1.807, 2.05) is 30.3 Å². The summed E-state index contributed by atoms with van der Waals surface area (Å²) in [6.07, 6.45) is 1.44. The van der Waals surface area contributed by atoms with Crippen molar-refractivity contribution in [3.63, 3.8) is 0 Å². The molecule has 0 aliphatic carbocycles. The van der Waals surface area contributed by atoms with Crippen LogP contribution in [-0.2, 0) is 4.79 Å². The average Bonchev–Trinajstić information content (AvgIpc) is 3.10. The molecule has 26 heavy (non-hydrogen) atoms. The number of aliphatic carboxylic acids is 1. The van der Waals surface area contributed by atoms with E-state index < -0.39 is 11.9 Å². The number of thiophene rings is 1. The first kappa shape index (κ1) is 17.4. The van der Waals surface area contributed by atoms with Crippen molar-refractivity contribution in [2.24, 2.45) is 0 Å². The fourth-order valence-electron chi connectivity index (χ4n) is 2.37. The smallest absolute Gasteiger partial charge is 0.352 e. The van der Waals surface area contributed by atoms with Crippen LogP contribution < -0.4 is 11.1 Å². The van der Waals surface area contributed by atoms with Crippen molar-refractivity contribution in [2.45, 2.75) is 0 Å². The van der Waals surface area contributed by atoms with Crippen molar-refractivity contribution in [1.29, 1.82) is 0 Å². The highest BCUT2D eigenvalue weighted by molar-refractivity contribution is 7.16. The van der Waals surface area contributed by atoms with Crippen LogP contribution in [0.3, 0.4) is 0 Å². The Morgan fingerprint density at radius 2 is 1.65 bits per heavy atom. The summed E-state index contributed by atoms with van der Waals surface area (Å²) in [6.45, 7) is 0. The Balaban J connectivity index is 1.85. The van der Waals surface area contributed by atoms with E-state index >= 15 is 0 Å². The third-order valence-corrected chi connectivity index (χ3v) is 4.72. The summed E-state index contributed by atoms with van der Waals surface area (Å²) in [5, 5.41) is 11.8. The third-order valence-electron chi connectivity index (χ3n) is 3.65. The Morgan fingerprint density at radius 3 is 2.35 bits per heavy atom. The molecule has 0 aliphatic heterocycles. The Hall–Kier alpha value is -3.38. The molecule has 3 aromatic rings. The van der Waals surface area contributed by atoms with Crippen LogP contribution in [0.5, 0.6) is 0 Å². The summed E-state index contributed by atoms with van der Waals surface area (Å²) in [7, 11) is 0.